The van der Waals surface area contributed by atoms with E-state index in [1.807, 2.05) is 0 Å². The van der Waals surface area contributed by atoms with Gasteiger partial charge < -0.3 is 10.6 Å². The van der Waals surface area contributed by atoms with Crippen LogP contribution in [0.3, 0.4) is 0 Å². The third kappa shape index (κ3) is 2.62. The lowest BCUT2D eigenvalue weighted by Gasteiger charge is -2.32. The Hall–Kier alpha value is -0.710. The van der Waals surface area contributed by atoms with Crippen molar-refractivity contribution in [3.8, 4) is 0 Å². The molecule has 1 rings (SSSR count). The van der Waals surface area contributed by atoms with Crippen LogP contribution >= 0.6 is 0 Å². The third-order valence-electron chi connectivity index (χ3n) is 2.34. The van der Waals surface area contributed by atoms with Crippen molar-refractivity contribution in [3.05, 3.63) is 0 Å². The molecule has 0 saturated carbocycles. The average Bonchev–Trinajstić information content (AvgIpc) is 2.17. The van der Waals surface area contributed by atoms with Gasteiger partial charge in [-0.1, -0.05) is 0 Å². The summed E-state index contributed by atoms with van der Waals surface area (Å²) in [5.41, 5.74) is 5.15. The van der Waals surface area contributed by atoms with Gasteiger partial charge in [-0.3, -0.25) is 4.79 Å². The first-order chi connectivity index (χ1) is 6.15. The Morgan fingerprint density at radius 1 is 1.62 bits per heavy atom. The Labute approximate surface area is 75.9 Å². The highest BCUT2D eigenvalue weighted by atomic mass is 19.3. The van der Waals surface area contributed by atoms with E-state index >= 15 is 0 Å². The van der Waals surface area contributed by atoms with Gasteiger partial charge in [0.05, 0.1) is 6.54 Å². The van der Waals surface area contributed by atoms with Crippen LogP contribution < -0.4 is 5.73 Å². The summed E-state index contributed by atoms with van der Waals surface area (Å²) in [5.74, 6) is -0.894. The molecule has 0 radical (unpaired) electrons. The number of nitrogens with two attached hydrogens (primary N) is 1. The fraction of sp³-hybridized carbons (Fsp3) is 0.875. The molecule has 76 valence electrons. The number of nitrogens with zero attached hydrogens (tertiary/aromatic N) is 1. The third-order valence-corrected chi connectivity index (χ3v) is 2.34. The van der Waals surface area contributed by atoms with Crippen molar-refractivity contribution in [3.63, 3.8) is 0 Å². The topological polar surface area (TPSA) is 46.3 Å². The molecule has 1 amide bonds. The molecule has 5 heteroatoms. The van der Waals surface area contributed by atoms with Crippen LogP contribution in [-0.4, -0.2) is 36.9 Å². The summed E-state index contributed by atoms with van der Waals surface area (Å²) in [7, 11) is 0. The Kier molecular flexibility index (Phi) is 3.59. The van der Waals surface area contributed by atoms with Gasteiger partial charge in [-0.15, -0.1) is 0 Å². The summed E-state index contributed by atoms with van der Waals surface area (Å²) in [6.45, 7) is 0.642. The van der Waals surface area contributed by atoms with Crippen molar-refractivity contribution in [2.45, 2.75) is 19.3 Å². The number of hydrogen-bond donors (Lipinski definition) is 1. The van der Waals surface area contributed by atoms with Crippen molar-refractivity contribution < 1.29 is 13.6 Å². The molecule has 1 aliphatic heterocycles. The van der Waals surface area contributed by atoms with Gasteiger partial charge in [0.15, 0.2) is 0 Å². The van der Waals surface area contributed by atoms with E-state index in [0.717, 1.165) is 0 Å². The fourth-order valence-electron chi connectivity index (χ4n) is 1.57. The lowest BCUT2D eigenvalue weighted by molar-refractivity contribution is -0.132. The minimum atomic E-state index is -2.33. The van der Waals surface area contributed by atoms with Crippen molar-refractivity contribution in [1.82, 2.24) is 4.90 Å². The Morgan fingerprint density at radius 3 is 2.85 bits per heavy atom. The van der Waals surface area contributed by atoms with E-state index in [1.54, 1.807) is 0 Å². The highest BCUT2D eigenvalue weighted by Crippen LogP contribution is 2.22. The second-order valence-electron chi connectivity index (χ2n) is 3.28. The normalized spacial score (nSPS) is 23.7. The lowest BCUT2D eigenvalue weighted by atomic mass is 9.98. The molecule has 2 N–H and O–H groups in total. The van der Waals surface area contributed by atoms with Gasteiger partial charge in [-0.25, -0.2) is 8.78 Å². The number of carbonyl (C=O) groups is 1. The smallest absolute Gasteiger partial charge is 0.243 e. The predicted octanol–water partition coefficient (Wildman–Crippen LogP) is 0.449. The maximum atomic E-state index is 12.3. The summed E-state index contributed by atoms with van der Waals surface area (Å²) >= 11 is 0. The molecule has 1 heterocycles. The van der Waals surface area contributed by atoms with Gasteiger partial charge >= 0.3 is 0 Å². The molecule has 1 saturated heterocycles. The number of rotatable bonds is 2. The van der Waals surface area contributed by atoms with Crippen LogP contribution in [0.15, 0.2) is 0 Å². The van der Waals surface area contributed by atoms with E-state index in [9.17, 15) is 13.6 Å². The Balaban J connectivity index is 2.46. The summed E-state index contributed by atoms with van der Waals surface area (Å²) in [6, 6.07) is 0. The highest BCUT2D eigenvalue weighted by molar-refractivity contribution is 5.78. The Morgan fingerprint density at radius 2 is 2.31 bits per heavy atom. The van der Waals surface area contributed by atoms with Gasteiger partial charge in [0.25, 0.3) is 0 Å². The van der Waals surface area contributed by atoms with Gasteiger partial charge in [0.2, 0.25) is 12.3 Å². The standard InChI is InChI=1S/C8H14F2N2O/c9-8(10)6-2-1-3-12(5-6)7(13)4-11/h6,8H,1-5,11H2/t6-/m1/s1. The molecular weight excluding hydrogens is 178 g/mol. The van der Waals surface area contributed by atoms with Crippen LogP contribution in [0.5, 0.6) is 0 Å². The molecular formula is C8H14F2N2O. The van der Waals surface area contributed by atoms with Crippen LogP contribution in [0.4, 0.5) is 8.78 Å². The molecule has 1 aliphatic rings. The van der Waals surface area contributed by atoms with Crippen molar-refractivity contribution >= 4 is 5.91 Å². The van der Waals surface area contributed by atoms with Crippen LogP contribution in [0.25, 0.3) is 0 Å². The number of halogens is 2. The SMILES string of the molecule is NCC(=O)N1CCC[C@@H](C(F)F)C1. The zero-order valence-corrected chi connectivity index (χ0v) is 7.38. The molecule has 0 bridgehead atoms. The van der Waals surface area contributed by atoms with Gasteiger partial charge in [-0.2, -0.15) is 0 Å². The average molecular weight is 192 g/mol. The number of hydrogen-bond acceptors (Lipinski definition) is 2. The van der Waals surface area contributed by atoms with Crippen LogP contribution in [0, 0.1) is 5.92 Å². The molecule has 13 heavy (non-hydrogen) atoms. The van der Waals surface area contributed by atoms with E-state index in [-0.39, 0.29) is 19.0 Å². The minimum Gasteiger partial charge on any atom is -0.341 e. The summed E-state index contributed by atoms with van der Waals surface area (Å²) in [6.07, 6.45) is -1.17. The molecule has 1 atom stereocenters. The monoisotopic (exact) mass is 192 g/mol. The number of likely N-dealkylation sites (tertiary alicyclic amines) is 1. The summed E-state index contributed by atoms with van der Waals surface area (Å²) in [4.78, 5) is 12.5. The van der Waals surface area contributed by atoms with Gasteiger partial charge in [0, 0.05) is 19.0 Å². The van der Waals surface area contributed by atoms with E-state index in [2.05, 4.69) is 0 Å². The maximum Gasteiger partial charge on any atom is 0.243 e. The van der Waals surface area contributed by atoms with Crippen molar-refractivity contribution in [1.29, 1.82) is 0 Å². The minimum absolute atomic E-state index is 0.0873. The fourth-order valence-corrected chi connectivity index (χ4v) is 1.57. The largest absolute Gasteiger partial charge is 0.341 e. The first-order valence-electron chi connectivity index (χ1n) is 4.41. The van der Waals surface area contributed by atoms with E-state index < -0.39 is 12.3 Å². The second-order valence-corrected chi connectivity index (χ2v) is 3.28. The zero-order chi connectivity index (χ0) is 9.84. The summed E-state index contributed by atoms with van der Waals surface area (Å²) in [5, 5.41) is 0. The van der Waals surface area contributed by atoms with Gasteiger partial charge in [0.1, 0.15) is 0 Å². The second kappa shape index (κ2) is 4.50. The van der Waals surface area contributed by atoms with E-state index in [1.165, 1.54) is 4.90 Å². The predicted molar refractivity (Wildman–Crippen MR) is 44.4 cm³/mol. The number of alkyl halides is 2. The van der Waals surface area contributed by atoms with Gasteiger partial charge in [-0.05, 0) is 12.8 Å². The molecule has 0 aromatic carbocycles. The van der Waals surface area contributed by atoms with Crippen molar-refractivity contribution in [2.24, 2.45) is 11.7 Å². The van der Waals surface area contributed by atoms with Crippen LogP contribution in [0.1, 0.15) is 12.8 Å². The van der Waals surface area contributed by atoms with Crippen LogP contribution in [-0.2, 0) is 4.79 Å². The quantitative estimate of drug-likeness (QED) is 0.690. The molecule has 0 aromatic heterocycles. The van der Waals surface area contributed by atoms with E-state index in [0.29, 0.717) is 19.4 Å². The van der Waals surface area contributed by atoms with Crippen LogP contribution in [0.2, 0.25) is 0 Å². The molecule has 0 spiro atoms. The number of piperidine rings is 1. The first-order valence-corrected chi connectivity index (χ1v) is 4.41. The van der Waals surface area contributed by atoms with E-state index in [4.69, 9.17) is 5.73 Å². The highest BCUT2D eigenvalue weighted by Gasteiger charge is 2.28. The molecule has 0 unspecified atom stereocenters. The number of carbonyl (C=O) groups excluding carboxylic acids is 1. The molecule has 0 aromatic rings. The summed E-state index contributed by atoms with van der Waals surface area (Å²) < 4.78 is 24.6. The number of amides is 1. The lowest BCUT2D eigenvalue weighted by Crippen LogP contribution is -2.44. The molecule has 1 fully saturated rings. The molecule has 3 nitrogen and oxygen atoms in total. The Bertz CT molecular complexity index is 187. The maximum absolute atomic E-state index is 12.3. The zero-order valence-electron chi connectivity index (χ0n) is 7.38. The first kappa shape index (κ1) is 10.4. The molecule has 0 aliphatic carbocycles. The van der Waals surface area contributed by atoms with Crippen molar-refractivity contribution in [2.75, 3.05) is 19.6 Å².